The van der Waals surface area contributed by atoms with Gasteiger partial charge in [-0.05, 0) is 54.6 Å². The van der Waals surface area contributed by atoms with E-state index < -0.39 is 0 Å². The van der Waals surface area contributed by atoms with Gasteiger partial charge in [0.2, 0.25) is 0 Å². The summed E-state index contributed by atoms with van der Waals surface area (Å²) in [6.07, 6.45) is 4.02. The molecule has 0 aliphatic carbocycles. The van der Waals surface area contributed by atoms with E-state index in [0.717, 1.165) is 23.0 Å². The van der Waals surface area contributed by atoms with E-state index in [9.17, 15) is 4.79 Å². The highest BCUT2D eigenvalue weighted by molar-refractivity contribution is 8.18. The first-order chi connectivity index (χ1) is 16.0. The van der Waals surface area contributed by atoms with E-state index >= 15 is 0 Å². The Morgan fingerprint density at radius 1 is 1.03 bits per heavy atom. The molecule has 1 amide bonds. The molecule has 5 rings (SSSR count). The van der Waals surface area contributed by atoms with Gasteiger partial charge in [-0.2, -0.15) is 0 Å². The second-order valence-corrected chi connectivity index (χ2v) is 9.64. The number of amidine groups is 1. The lowest BCUT2D eigenvalue weighted by Gasteiger charge is -2.06. The summed E-state index contributed by atoms with van der Waals surface area (Å²) in [7, 11) is 0. The monoisotopic (exact) mass is 491 g/mol. The van der Waals surface area contributed by atoms with Gasteiger partial charge in [-0.15, -0.1) is 0 Å². The van der Waals surface area contributed by atoms with E-state index in [1.54, 1.807) is 18.2 Å². The maximum absolute atomic E-state index is 12.6. The fraction of sp³-hybridized carbons (Fsp3) is 0.0769. The van der Waals surface area contributed by atoms with Crippen LogP contribution in [-0.2, 0) is 11.3 Å². The van der Waals surface area contributed by atoms with E-state index in [1.165, 1.54) is 22.9 Å². The number of hydrogen-bond donors (Lipinski definition) is 1. The largest absolute Gasteiger partial charge is 0.342 e. The zero-order valence-electron chi connectivity index (χ0n) is 17.7. The lowest BCUT2D eigenvalue weighted by molar-refractivity contribution is -0.115. The van der Waals surface area contributed by atoms with Gasteiger partial charge in [0, 0.05) is 29.2 Å². The number of nitrogens with zero attached hydrogens (tertiary/aromatic N) is 2. The van der Waals surface area contributed by atoms with Crippen molar-refractivity contribution in [2.24, 2.45) is 4.99 Å². The number of nitrogens with one attached hydrogen (secondary N) is 1. The van der Waals surface area contributed by atoms with Gasteiger partial charge in [0.25, 0.3) is 5.91 Å². The molecule has 0 saturated carbocycles. The van der Waals surface area contributed by atoms with Crippen LogP contribution in [0, 0.1) is 6.92 Å². The maximum atomic E-state index is 12.6. The van der Waals surface area contributed by atoms with Crippen LogP contribution in [-0.4, -0.2) is 15.6 Å². The Hall–Kier alpha value is -2.99. The first-order valence-corrected chi connectivity index (χ1v) is 11.9. The second-order valence-electron chi connectivity index (χ2n) is 7.80. The number of aliphatic imine (C=N–C) groups is 1. The number of fused-ring (bicyclic) bond motifs is 1. The molecule has 1 N–H and O–H groups in total. The molecule has 1 aromatic heterocycles. The first kappa shape index (κ1) is 21.8. The summed E-state index contributed by atoms with van der Waals surface area (Å²) in [5, 5.41) is 5.32. The van der Waals surface area contributed by atoms with Gasteiger partial charge in [0.05, 0.1) is 20.6 Å². The van der Waals surface area contributed by atoms with Gasteiger partial charge >= 0.3 is 0 Å². The number of rotatable bonds is 4. The van der Waals surface area contributed by atoms with Crippen LogP contribution in [0.3, 0.4) is 0 Å². The molecular weight excluding hydrogens is 473 g/mol. The van der Waals surface area contributed by atoms with Crippen molar-refractivity contribution in [1.29, 1.82) is 0 Å². The van der Waals surface area contributed by atoms with Crippen molar-refractivity contribution in [2.75, 3.05) is 0 Å². The van der Waals surface area contributed by atoms with Crippen molar-refractivity contribution in [1.82, 2.24) is 9.88 Å². The van der Waals surface area contributed by atoms with Crippen molar-refractivity contribution in [3.8, 4) is 0 Å². The number of para-hydroxylation sites is 1. The Bertz CT molecular complexity index is 1460. The van der Waals surface area contributed by atoms with E-state index in [-0.39, 0.29) is 5.91 Å². The Labute approximate surface area is 205 Å². The molecule has 7 heteroatoms. The maximum Gasteiger partial charge on any atom is 0.264 e. The van der Waals surface area contributed by atoms with Crippen molar-refractivity contribution in [3.05, 3.63) is 105 Å². The first-order valence-electron chi connectivity index (χ1n) is 10.3. The Kier molecular flexibility index (Phi) is 6.02. The Morgan fingerprint density at radius 3 is 2.70 bits per heavy atom. The van der Waals surface area contributed by atoms with Crippen LogP contribution in [0.5, 0.6) is 0 Å². The van der Waals surface area contributed by atoms with Gasteiger partial charge in [-0.25, -0.2) is 4.99 Å². The summed E-state index contributed by atoms with van der Waals surface area (Å²) in [5.74, 6) is -0.172. The number of halogens is 2. The fourth-order valence-electron chi connectivity index (χ4n) is 3.82. The minimum absolute atomic E-state index is 0.172. The molecule has 1 fully saturated rings. The van der Waals surface area contributed by atoms with Crippen LogP contribution in [0.4, 0.5) is 5.69 Å². The number of benzene rings is 3. The molecule has 1 aliphatic rings. The quantitative estimate of drug-likeness (QED) is 0.307. The summed E-state index contributed by atoms with van der Waals surface area (Å²) in [5.41, 5.74) is 5.21. The number of aryl methyl sites for hydroxylation is 1. The van der Waals surface area contributed by atoms with Crippen LogP contribution in [0.2, 0.25) is 10.0 Å². The Morgan fingerprint density at radius 2 is 1.88 bits per heavy atom. The predicted molar refractivity (Wildman–Crippen MR) is 139 cm³/mol. The van der Waals surface area contributed by atoms with Crippen LogP contribution in [0.25, 0.3) is 17.0 Å². The third kappa shape index (κ3) is 4.71. The molecule has 2 heterocycles. The Balaban J connectivity index is 1.47. The number of carbonyl (C=O) groups is 1. The number of aromatic nitrogens is 1. The molecule has 164 valence electrons. The molecule has 0 bridgehead atoms. The third-order valence-corrected chi connectivity index (χ3v) is 6.98. The van der Waals surface area contributed by atoms with Gasteiger partial charge in [-0.3, -0.25) is 4.79 Å². The summed E-state index contributed by atoms with van der Waals surface area (Å²) in [6, 6.07) is 21.8. The van der Waals surface area contributed by atoms with Crippen molar-refractivity contribution >= 4 is 68.7 Å². The highest BCUT2D eigenvalue weighted by Crippen LogP contribution is 2.32. The van der Waals surface area contributed by atoms with E-state index in [1.807, 2.05) is 18.2 Å². The standard InChI is InChI=1S/C26H19Cl2N3OS/c1-16-5-4-6-17(11-16)14-31-15-18(20-7-2-3-8-23(20)31)12-24-25(32)30-26(33-24)29-19-9-10-21(27)22(28)13-19/h2-13,15H,14H2,1H3,(H,29,30,32)/b24-12-. The van der Waals surface area contributed by atoms with E-state index in [2.05, 4.69) is 64.4 Å². The fourth-order valence-corrected chi connectivity index (χ4v) is 4.95. The highest BCUT2D eigenvalue weighted by Gasteiger charge is 2.24. The predicted octanol–water partition coefficient (Wildman–Crippen LogP) is 7.20. The van der Waals surface area contributed by atoms with E-state index in [4.69, 9.17) is 23.2 Å². The van der Waals surface area contributed by atoms with Crippen LogP contribution in [0.15, 0.2) is 82.8 Å². The molecule has 33 heavy (non-hydrogen) atoms. The van der Waals surface area contributed by atoms with Crippen molar-refractivity contribution in [2.45, 2.75) is 13.5 Å². The summed E-state index contributed by atoms with van der Waals surface area (Å²) in [6.45, 7) is 2.86. The van der Waals surface area contributed by atoms with Gasteiger partial charge in [0.15, 0.2) is 5.17 Å². The zero-order valence-corrected chi connectivity index (χ0v) is 20.0. The second kappa shape index (κ2) is 9.10. The van der Waals surface area contributed by atoms with Crippen LogP contribution < -0.4 is 5.32 Å². The lowest BCUT2D eigenvalue weighted by Crippen LogP contribution is -2.19. The van der Waals surface area contributed by atoms with Crippen LogP contribution >= 0.6 is 35.0 Å². The molecule has 0 radical (unpaired) electrons. The highest BCUT2D eigenvalue weighted by atomic mass is 35.5. The molecule has 1 saturated heterocycles. The SMILES string of the molecule is Cc1cccc(Cn2cc(/C=C3\SC(=Nc4ccc(Cl)c(Cl)c4)NC3=O)c3ccccc32)c1. The van der Waals surface area contributed by atoms with Crippen molar-refractivity contribution in [3.63, 3.8) is 0 Å². The molecular formula is C26H19Cl2N3OS. The average molecular weight is 492 g/mol. The van der Waals surface area contributed by atoms with Gasteiger partial charge in [0.1, 0.15) is 0 Å². The van der Waals surface area contributed by atoms with Gasteiger partial charge in [-0.1, -0.05) is 71.2 Å². The molecule has 4 aromatic rings. The number of carbonyl (C=O) groups excluding carboxylic acids is 1. The minimum Gasteiger partial charge on any atom is -0.342 e. The third-order valence-electron chi connectivity index (χ3n) is 5.33. The zero-order chi connectivity index (χ0) is 22.9. The summed E-state index contributed by atoms with van der Waals surface area (Å²) in [4.78, 5) is 17.7. The topological polar surface area (TPSA) is 46.4 Å². The molecule has 3 aromatic carbocycles. The number of thioether (sulfide) groups is 1. The molecule has 0 unspecified atom stereocenters. The smallest absolute Gasteiger partial charge is 0.264 e. The molecule has 4 nitrogen and oxygen atoms in total. The normalized spacial score (nSPS) is 16.2. The van der Waals surface area contributed by atoms with Crippen LogP contribution in [0.1, 0.15) is 16.7 Å². The van der Waals surface area contributed by atoms with Crippen molar-refractivity contribution < 1.29 is 4.79 Å². The summed E-state index contributed by atoms with van der Waals surface area (Å²) < 4.78 is 2.22. The summed E-state index contributed by atoms with van der Waals surface area (Å²) >= 11 is 13.4. The van der Waals surface area contributed by atoms with Gasteiger partial charge < -0.3 is 9.88 Å². The number of amides is 1. The minimum atomic E-state index is -0.172. The number of hydrogen-bond acceptors (Lipinski definition) is 3. The van der Waals surface area contributed by atoms with E-state index in [0.29, 0.717) is 25.8 Å². The average Bonchev–Trinajstić information content (AvgIpc) is 3.31. The molecule has 1 aliphatic heterocycles. The lowest BCUT2D eigenvalue weighted by atomic mass is 10.1. The molecule has 0 atom stereocenters. The molecule has 0 spiro atoms.